The van der Waals surface area contributed by atoms with Gasteiger partial charge in [0, 0.05) is 30.6 Å². The zero-order valence-electron chi connectivity index (χ0n) is 20.1. The number of nitriles is 1. The zero-order valence-corrected chi connectivity index (χ0v) is 20.1. The van der Waals surface area contributed by atoms with Crippen LogP contribution in [0.1, 0.15) is 75.2 Å². The van der Waals surface area contributed by atoms with Crippen LogP contribution in [0.2, 0.25) is 0 Å². The van der Waals surface area contributed by atoms with Gasteiger partial charge in [-0.1, -0.05) is 20.8 Å². The van der Waals surface area contributed by atoms with Gasteiger partial charge >= 0.3 is 0 Å². The molecular weight excluding hydrogens is 414 g/mol. The van der Waals surface area contributed by atoms with Gasteiger partial charge in [0.15, 0.2) is 0 Å². The van der Waals surface area contributed by atoms with Crippen LogP contribution in [-0.2, 0) is 4.79 Å². The highest BCUT2D eigenvalue weighted by molar-refractivity contribution is 5.94. The van der Waals surface area contributed by atoms with E-state index in [0.717, 1.165) is 51.6 Å². The zero-order chi connectivity index (χ0) is 23.8. The summed E-state index contributed by atoms with van der Waals surface area (Å²) in [7, 11) is 0. The Balaban J connectivity index is 1.47. The second-order valence-electron chi connectivity index (χ2n) is 10.9. The van der Waals surface area contributed by atoms with E-state index in [4.69, 9.17) is 5.26 Å². The summed E-state index contributed by atoms with van der Waals surface area (Å²) in [4.78, 5) is 27.9. The third-order valence-electron chi connectivity index (χ3n) is 8.93. The molecule has 1 aromatic rings. The molecule has 2 saturated carbocycles. The lowest BCUT2D eigenvalue weighted by Crippen LogP contribution is -2.58. The Morgan fingerprint density at radius 2 is 1.82 bits per heavy atom. The van der Waals surface area contributed by atoms with Crippen LogP contribution in [0.15, 0.2) is 24.3 Å². The summed E-state index contributed by atoms with van der Waals surface area (Å²) >= 11 is 0. The number of hydrogen-bond donors (Lipinski definition) is 2. The lowest BCUT2D eigenvalue weighted by Gasteiger charge is -2.56. The van der Waals surface area contributed by atoms with Gasteiger partial charge < -0.3 is 15.3 Å². The fraction of sp³-hybridized carbons (Fsp3) is 0.667. The summed E-state index contributed by atoms with van der Waals surface area (Å²) in [5.41, 5.74) is 1.10. The second-order valence-corrected chi connectivity index (χ2v) is 10.9. The third-order valence-corrected chi connectivity index (χ3v) is 8.93. The molecule has 3 fully saturated rings. The molecule has 2 amide bonds. The molecule has 2 N–H and O–H groups in total. The van der Waals surface area contributed by atoms with Gasteiger partial charge in [-0.2, -0.15) is 5.26 Å². The Labute approximate surface area is 197 Å². The maximum atomic E-state index is 13.1. The molecule has 7 atom stereocenters. The van der Waals surface area contributed by atoms with Crippen molar-refractivity contribution in [3.05, 3.63) is 35.4 Å². The minimum absolute atomic E-state index is 0.0239. The van der Waals surface area contributed by atoms with Crippen molar-refractivity contribution in [2.45, 2.75) is 71.4 Å². The molecule has 6 heteroatoms. The maximum Gasteiger partial charge on any atom is 0.251 e. The van der Waals surface area contributed by atoms with Gasteiger partial charge in [0.1, 0.15) is 0 Å². The van der Waals surface area contributed by atoms with Crippen molar-refractivity contribution in [1.29, 1.82) is 5.26 Å². The molecule has 0 spiro atoms. The van der Waals surface area contributed by atoms with Gasteiger partial charge in [-0.05, 0) is 86.0 Å². The highest BCUT2D eigenvalue weighted by Crippen LogP contribution is 2.55. The number of benzene rings is 1. The van der Waals surface area contributed by atoms with E-state index >= 15 is 0 Å². The van der Waals surface area contributed by atoms with Gasteiger partial charge in [0.2, 0.25) is 5.91 Å². The average molecular weight is 452 g/mol. The maximum absolute atomic E-state index is 13.1. The van der Waals surface area contributed by atoms with Crippen molar-refractivity contribution in [3.8, 4) is 6.07 Å². The Kier molecular flexibility index (Phi) is 6.81. The molecule has 0 aromatic heterocycles. The van der Waals surface area contributed by atoms with E-state index in [1.807, 2.05) is 11.8 Å². The average Bonchev–Trinajstić information content (AvgIpc) is 3.35. The van der Waals surface area contributed by atoms with Crippen molar-refractivity contribution in [1.82, 2.24) is 10.2 Å². The minimum Gasteiger partial charge on any atom is -0.392 e. The first-order valence-corrected chi connectivity index (χ1v) is 12.5. The second kappa shape index (κ2) is 9.46. The number of aliphatic hydroxyl groups is 1. The lowest BCUT2D eigenvalue weighted by atomic mass is 9.51. The molecule has 1 aliphatic heterocycles. The van der Waals surface area contributed by atoms with Crippen LogP contribution in [0.25, 0.3) is 0 Å². The highest BCUT2D eigenvalue weighted by atomic mass is 16.3. The summed E-state index contributed by atoms with van der Waals surface area (Å²) in [6.07, 6.45) is 5.33. The van der Waals surface area contributed by atoms with Crippen molar-refractivity contribution >= 4 is 11.8 Å². The molecule has 0 unspecified atom stereocenters. The predicted molar refractivity (Wildman–Crippen MR) is 126 cm³/mol. The summed E-state index contributed by atoms with van der Waals surface area (Å²) < 4.78 is 0. The van der Waals surface area contributed by atoms with Crippen LogP contribution in [0, 0.1) is 40.4 Å². The quantitative estimate of drug-likeness (QED) is 0.729. The van der Waals surface area contributed by atoms with Crippen molar-refractivity contribution < 1.29 is 14.7 Å². The van der Waals surface area contributed by atoms with Gasteiger partial charge in [0.25, 0.3) is 5.91 Å². The molecule has 0 bridgehead atoms. The van der Waals surface area contributed by atoms with Crippen LogP contribution < -0.4 is 5.32 Å². The molecular formula is C27H37N3O3. The molecule has 6 nitrogen and oxygen atoms in total. The molecule has 4 rings (SSSR count). The Hall–Kier alpha value is -2.39. The summed E-state index contributed by atoms with van der Waals surface area (Å²) in [5, 5.41) is 23.8. The van der Waals surface area contributed by atoms with Crippen LogP contribution in [-0.4, -0.2) is 47.1 Å². The molecule has 1 saturated heterocycles. The number of aliphatic hydroxyl groups excluding tert-OH is 1. The Morgan fingerprint density at radius 1 is 1.18 bits per heavy atom. The normalized spacial score (nSPS) is 34.8. The van der Waals surface area contributed by atoms with E-state index in [1.54, 1.807) is 24.3 Å². The topological polar surface area (TPSA) is 93.4 Å². The number of rotatable bonds is 4. The smallest absolute Gasteiger partial charge is 0.251 e. The number of nitrogens with zero attached hydrogens (tertiary/aromatic N) is 2. The minimum atomic E-state index is -0.546. The fourth-order valence-electron chi connectivity index (χ4n) is 6.85. The van der Waals surface area contributed by atoms with Crippen LogP contribution in [0.4, 0.5) is 0 Å². The lowest BCUT2D eigenvalue weighted by molar-refractivity contribution is -0.149. The van der Waals surface area contributed by atoms with Gasteiger partial charge in [0.05, 0.1) is 17.7 Å². The van der Waals surface area contributed by atoms with E-state index in [9.17, 15) is 14.7 Å². The predicted octanol–water partition coefficient (Wildman–Crippen LogP) is 3.74. The Morgan fingerprint density at radius 3 is 2.45 bits per heavy atom. The molecule has 0 radical (unpaired) electrons. The fourth-order valence-corrected chi connectivity index (χ4v) is 6.85. The summed E-state index contributed by atoms with van der Waals surface area (Å²) in [5.74, 6) is -0.00760. The first kappa shape index (κ1) is 23.8. The molecule has 2 aliphatic carbocycles. The standard InChI is InChI=1S/C27H37N3O3/c1-17(26(33)30-14-4-5-15-30)21-10-12-27(3)13-11-22(18(2)23(27)24(21)31)29-25(32)20-8-6-19(16-28)7-9-20/h6-9,17-18,21-24,31H,4-5,10-15H2,1-3H3,(H,29,32)/t17-,18+,21+,22-,23+,24-,27-/m0/s1. The van der Waals surface area contributed by atoms with E-state index in [2.05, 4.69) is 25.2 Å². The molecule has 33 heavy (non-hydrogen) atoms. The van der Waals surface area contributed by atoms with Gasteiger partial charge in [-0.15, -0.1) is 0 Å². The number of hydrogen-bond acceptors (Lipinski definition) is 4. The number of likely N-dealkylation sites (tertiary alicyclic amines) is 1. The van der Waals surface area contributed by atoms with Crippen molar-refractivity contribution in [2.24, 2.45) is 29.1 Å². The molecule has 178 valence electrons. The first-order chi connectivity index (χ1) is 15.7. The van der Waals surface area contributed by atoms with E-state index in [1.165, 1.54) is 0 Å². The van der Waals surface area contributed by atoms with Crippen LogP contribution in [0.3, 0.4) is 0 Å². The van der Waals surface area contributed by atoms with Crippen molar-refractivity contribution in [2.75, 3.05) is 13.1 Å². The van der Waals surface area contributed by atoms with Gasteiger partial charge in [-0.25, -0.2) is 0 Å². The monoisotopic (exact) mass is 451 g/mol. The SMILES string of the molecule is C[C@H]1[C@@H]2[C@@H](O)[C@@H]([C@H](C)C(=O)N3CCCC3)CC[C@@]2(C)CC[C@@H]1NC(=O)c1ccc(C#N)cc1. The largest absolute Gasteiger partial charge is 0.392 e. The summed E-state index contributed by atoms with van der Waals surface area (Å²) in [6, 6.07) is 8.73. The molecule has 3 aliphatic rings. The van der Waals surface area contributed by atoms with Crippen LogP contribution in [0.5, 0.6) is 0 Å². The first-order valence-electron chi connectivity index (χ1n) is 12.5. The summed E-state index contributed by atoms with van der Waals surface area (Å²) in [6.45, 7) is 8.10. The third kappa shape index (κ3) is 4.53. The highest BCUT2D eigenvalue weighted by Gasteiger charge is 2.54. The number of nitrogens with one attached hydrogen (secondary N) is 1. The number of carbonyl (C=O) groups is 2. The van der Waals surface area contributed by atoms with Gasteiger partial charge in [-0.3, -0.25) is 9.59 Å². The van der Waals surface area contributed by atoms with E-state index in [-0.39, 0.29) is 46.9 Å². The molecule has 1 heterocycles. The number of amides is 2. The van der Waals surface area contributed by atoms with Crippen LogP contribution >= 0.6 is 0 Å². The molecule has 1 aromatic carbocycles. The van der Waals surface area contributed by atoms with E-state index in [0.29, 0.717) is 11.1 Å². The number of fused-ring (bicyclic) bond motifs is 1. The van der Waals surface area contributed by atoms with E-state index < -0.39 is 6.10 Å². The van der Waals surface area contributed by atoms with Crippen molar-refractivity contribution in [3.63, 3.8) is 0 Å². The number of carbonyl (C=O) groups excluding carboxylic acids is 2. The Bertz CT molecular complexity index is 918.